The number of unbranched alkanes of at least 4 members (excludes halogenated alkanes) is 1. The van der Waals surface area contributed by atoms with Gasteiger partial charge in [-0.1, -0.05) is 6.07 Å². The van der Waals surface area contributed by atoms with Crippen molar-refractivity contribution in [2.24, 2.45) is 0 Å². The zero-order valence-corrected chi connectivity index (χ0v) is 21.9. The zero-order valence-electron chi connectivity index (χ0n) is 21.9. The van der Waals surface area contributed by atoms with E-state index in [9.17, 15) is 9.18 Å². The number of ether oxygens (including phenoxy) is 1. The molecule has 4 aromatic rings. The molecule has 2 aromatic heterocycles. The quantitative estimate of drug-likeness (QED) is 0.159. The number of pyridine rings is 1. The lowest BCUT2D eigenvalue weighted by Gasteiger charge is -2.36. The molecule has 2 aromatic carbocycles. The predicted molar refractivity (Wildman–Crippen MR) is 152 cm³/mol. The molecule has 0 unspecified atom stereocenters. The first-order valence-electron chi connectivity index (χ1n) is 13.1. The third-order valence-corrected chi connectivity index (χ3v) is 7.28. The second kappa shape index (κ2) is 12.0. The molecule has 39 heavy (non-hydrogen) atoms. The van der Waals surface area contributed by atoms with Gasteiger partial charge in [0.15, 0.2) is 11.5 Å². The number of methoxy groups -OCH3 is 1. The van der Waals surface area contributed by atoms with Crippen molar-refractivity contribution in [2.75, 3.05) is 50.1 Å². The highest BCUT2D eigenvalue weighted by molar-refractivity contribution is 5.87. The number of aromatic amines is 1. The Labute approximate surface area is 227 Å². The van der Waals surface area contributed by atoms with Gasteiger partial charge in [0.05, 0.1) is 19.4 Å². The second-order valence-electron chi connectivity index (χ2n) is 9.64. The molecule has 0 saturated carbocycles. The molecule has 3 heterocycles. The zero-order chi connectivity index (χ0) is 27.2. The Morgan fingerprint density at radius 3 is 2.77 bits per heavy atom. The maximum atomic E-state index is 13.7. The number of hydrogen-bond acceptors (Lipinski definition) is 5. The number of carbonyl (C=O) groups excluding carboxylic acids is 1. The second-order valence-corrected chi connectivity index (χ2v) is 9.64. The van der Waals surface area contributed by atoms with E-state index in [4.69, 9.17) is 11.3 Å². The van der Waals surface area contributed by atoms with Gasteiger partial charge in [-0.3, -0.25) is 9.69 Å². The average Bonchev–Trinajstić information content (AvgIpc) is 3.38. The van der Waals surface area contributed by atoms with E-state index in [-0.39, 0.29) is 5.82 Å². The molecule has 0 spiro atoms. The van der Waals surface area contributed by atoms with Crippen molar-refractivity contribution in [3.63, 3.8) is 0 Å². The summed E-state index contributed by atoms with van der Waals surface area (Å²) in [6, 6.07) is 12.0. The molecule has 1 aliphatic heterocycles. The van der Waals surface area contributed by atoms with E-state index >= 15 is 0 Å². The monoisotopic (exact) mass is 526 g/mol. The van der Waals surface area contributed by atoms with E-state index in [0.29, 0.717) is 29.1 Å². The summed E-state index contributed by atoms with van der Waals surface area (Å²) in [6.45, 7) is 11.7. The van der Waals surface area contributed by atoms with Crippen molar-refractivity contribution in [3.05, 3.63) is 77.7 Å². The maximum Gasteiger partial charge on any atom is 0.211 e. The Morgan fingerprint density at radius 1 is 1.15 bits per heavy atom. The highest BCUT2D eigenvalue weighted by atomic mass is 19.1. The highest BCUT2D eigenvalue weighted by Crippen LogP contribution is 2.35. The van der Waals surface area contributed by atoms with Crippen molar-refractivity contribution in [2.45, 2.75) is 19.3 Å². The molecule has 9 heteroatoms. The van der Waals surface area contributed by atoms with E-state index in [2.05, 4.69) is 36.1 Å². The Morgan fingerprint density at radius 2 is 2.00 bits per heavy atom. The number of aryl methyl sites for hydroxylation is 1. The van der Waals surface area contributed by atoms with Gasteiger partial charge in [0.1, 0.15) is 11.6 Å². The normalized spacial score (nSPS) is 13.8. The van der Waals surface area contributed by atoms with Gasteiger partial charge in [0.25, 0.3) is 0 Å². The van der Waals surface area contributed by atoms with Crippen LogP contribution in [0.1, 0.15) is 18.4 Å². The topological polar surface area (TPSA) is 77.8 Å². The summed E-state index contributed by atoms with van der Waals surface area (Å²) in [4.78, 5) is 27.6. The van der Waals surface area contributed by atoms with Crippen molar-refractivity contribution < 1.29 is 13.9 Å². The number of amides is 1. The predicted octanol–water partition coefficient (Wildman–Crippen LogP) is 5.64. The molecule has 0 radical (unpaired) electrons. The van der Waals surface area contributed by atoms with E-state index < -0.39 is 0 Å². The molecule has 0 bridgehead atoms. The summed E-state index contributed by atoms with van der Waals surface area (Å²) < 4.78 is 19.0. The minimum atomic E-state index is -0.377. The summed E-state index contributed by atoms with van der Waals surface area (Å²) in [5.74, 6) is 0.759. The van der Waals surface area contributed by atoms with E-state index in [1.165, 1.54) is 24.8 Å². The largest absolute Gasteiger partial charge is 0.496 e. The number of nitrogens with zero attached hydrogens (tertiary/aromatic N) is 4. The lowest BCUT2D eigenvalue weighted by molar-refractivity contribution is -0.105. The van der Waals surface area contributed by atoms with Gasteiger partial charge in [-0.2, -0.15) is 0 Å². The minimum Gasteiger partial charge on any atom is -0.496 e. The van der Waals surface area contributed by atoms with Crippen LogP contribution in [-0.4, -0.2) is 61.1 Å². The molecule has 200 valence electrons. The standard InChI is InChI=1S/C30H31FN6O2/c1-32-24-7-9-27-26(17-24)21(18-33-27)5-3-4-10-36-11-13-37(14-12-36)30-28(35-20-38)15-22(19-34-30)25-8-6-23(31)16-29(25)39-2/h6-9,15-20,33H,3-5,10-14H2,2H3,(H,35,38). The number of H-pyrrole nitrogens is 1. The van der Waals surface area contributed by atoms with Crippen LogP contribution in [0, 0.1) is 12.4 Å². The molecule has 1 saturated heterocycles. The van der Waals surface area contributed by atoms with Crippen LogP contribution >= 0.6 is 0 Å². The third-order valence-electron chi connectivity index (χ3n) is 7.28. The Hall–Kier alpha value is -4.42. The van der Waals surface area contributed by atoms with Crippen molar-refractivity contribution in [1.29, 1.82) is 0 Å². The van der Waals surface area contributed by atoms with Gasteiger partial charge in [-0.05, 0) is 67.1 Å². The molecule has 1 aliphatic rings. The van der Waals surface area contributed by atoms with Crippen LogP contribution in [0.4, 0.5) is 21.6 Å². The summed E-state index contributed by atoms with van der Waals surface area (Å²) in [7, 11) is 1.50. The lowest BCUT2D eigenvalue weighted by atomic mass is 10.1. The van der Waals surface area contributed by atoms with Crippen LogP contribution in [-0.2, 0) is 11.2 Å². The fraction of sp³-hybridized carbons (Fsp3) is 0.300. The highest BCUT2D eigenvalue weighted by Gasteiger charge is 2.21. The fourth-order valence-electron chi connectivity index (χ4n) is 5.21. The van der Waals surface area contributed by atoms with Gasteiger partial charge in [-0.25, -0.2) is 14.2 Å². The molecule has 1 fully saturated rings. The molecule has 0 atom stereocenters. The number of anilines is 2. The molecule has 0 aliphatic carbocycles. The van der Waals surface area contributed by atoms with Crippen LogP contribution in [0.5, 0.6) is 5.75 Å². The number of piperazine rings is 1. The Bertz CT molecular complexity index is 1500. The van der Waals surface area contributed by atoms with Crippen LogP contribution in [0.25, 0.3) is 26.9 Å². The van der Waals surface area contributed by atoms with E-state index in [0.717, 1.165) is 74.3 Å². The van der Waals surface area contributed by atoms with Gasteiger partial charge in [-0.15, -0.1) is 0 Å². The van der Waals surface area contributed by atoms with Crippen LogP contribution in [0.2, 0.25) is 0 Å². The van der Waals surface area contributed by atoms with Gasteiger partial charge in [0.2, 0.25) is 6.41 Å². The molecule has 2 N–H and O–H groups in total. The first kappa shape index (κ1) is 26.2. The number of nitrogens with one attached hydrogen (secondary N) is 2. The number of rotatable bonds is 10. The molecular weight excluding hydrogens is 495 g/mol. The molecular formula is C30H31FN6O2. The summed E-state index contributed by atoms with van der Waals surface area (Å²) in [6.07, 6.45) is 7.61. The molecule has 5 rings (SSSR count). The van der Waals surface area contributed by atoms with Crippen molar-refractivity contribution in [1.82, 2.24) is 14.9 Å². The first-order chi connectivity index (χ1) is 19.1. The van der Waals surface area contributed by atoms with Gasteiger partial charge < -0.3 is 19.9 Å². The SMILES string of the molecule is [C-]#[N+]c1ccc2[nH]cc(CCCCN3CCN(c4ncc(-c5ccc(F)cc5OC)cc4NC=O)CC3)c2c1. The summed E-state index contributed by atoms with van der Waals surface area (Å²) in [5.41, 5.74) is 5.07. The average molecular weight is 527 g/mol. The van der Waals surface area contributed by atoms with E-state index in [1.54, 1.807) is 12.3 Å². The number of benzene rings is 2. The van der Waals surface area contributed by atoms with Crippen molar-refractivity contribution >= 4 is 34.5 Å². The minimum absolute atomic E-state index is 0.377. The number of aromatic nitrogens is 2. The third kappa shape index (κ3) is 5.86. The summed E-state index contributed by atoms with van der Waals surface area (Å²) >= 11 is 0. The van der Waals surface area contributed by atoms with Crippen molar-refractivity contribution in [3.8, 4) is 16.9 Å². The van der Waals surface area contributed by atoms with Gasteiger partial charge >= 0.3 is 0 Å². The van der Waals surface area contributed by atoms with Crippen LogP contribution in [0.15, 0.2) is 54.9 Å². The lowest BCUT2D eigenvalue weighted by Crippen LogP contribution is -2.47. The molecule has 1 amide bonds. The first-order valence-corrected chi connectivity index (χ1v) is 13.1. The number of fused-ring (bicyclic) bond motifs is 1. The summed E-state index contributed by atoms with van der Waals surface area (Å²) in [5, 5.41) is 3.93. The van der Waals surface area contributed by atoms with E-state index in [1.807, 2.05) is 24.3 Å². The van der Waals surface area contributed by atoms with Crippen LogP contribution in [0.3, 0.4) is 0 Å². The van der Waals surface area contributed by atoms with Gasteiger partial charge in [0, 0.05) is 61.3 Å². The Kier molecular flexibility index (Phi) is 8.04. The number of carbonyl (C=O) groups is 1. The van der Waals surface area contributed by atoms with Crippen LogP contribution < -0.4 is 15.0 Å². The Balaban J connectivity index is 1.17. The smallest absolute Gasteiger partial charge is 0.211 e. The molecule has 8 nitrogen and oxygen atoms in total. The fourth-order valence-corrected chi connectivity index (χ4v) is 5.21. The number of halogens is 1. The number of hydrogen-bond donors (Lipinski definition) is 2. The maximum absolute atomic E-state index is 13.7.